The minimum Gasteiger partial charge on any atom is -0.458 e. The molecule has 0 aliphatic carbocycles. The Morgan fingerprint density at radius 3 is 2.37 bits per heavy atom. The van der Waals surface area contributed by atoms with Gasteiger partial charge in [-0.2, -0.15) is 0 Å². The average Bonchev–Trinajstić information content (AvgIpc) is 2.91. The summed E-state index contributed by atoms with van der Waals surface area (Å²) in [5, 5.41) is 0.685. The van der Waals surface area contributed by atoms with E-state index < -0.39 is 11.6 Å². The van der Waals surface area contributed by atoms with E-state index in [1.54, 1.807) is 4.90 Å². The number of benzene rings is 2. The highest BCUT2D eigenvalue weighted by molar-refractivity contribution is 6.30. The lowest BCUT2D eigenvalue weighted by atomic mass is 10.0. The summed E-state index contributed by atoms with van der Waals surface area (Å²) in [5.74, 6) is -0.477. The molecule has 4 nitrogen and oxygen atoms in total. The van der Waals surface area contributed by atoms with Gasteiger partial charge in [0.05, 0.1) is 0 Å². The number of amides is 1. The first-order chi connectivity index (χ1) is 12.7. The van der Waals surface area contributed by atoms with E-state index in [0.717, 1.165) is 16.7 Å². The van der Waals surface area contributed by atoms with Gasteiger partial charge in [0, 0.05) is 17.1 Å². The van der Waals surface area contributed by atoms with Crippen LogP contribution in [-0.4, -0.2) is 28.4 Å². The molecule has 0 saturated heterocycles. The quantitative estimate of drug-likeness (QED) is 0.689. The molecular weight excluding hydrogens is 362 g/mol. The summed E-state index contributed by atoms with van der Waals surface area (Å²) >= 11 is 5.96. The number of carbonyl (C=O) groups excluding carboxylic acids is 2. The Kier molecular flexibility index (Phi) is 5.29. The summed E-state index contributed by atoms with van der Waals surface area (Å²) in [6, 6.07) is 12.8. The van der Waals surface area contributed by atoms with Crippen LogP contribution in [0.2, 0.25) is 5.02 Å². The third-order valence-electron chi connectivity index (χ3n) is 4.56. The van der Waals surface area contributed by atoms with Crippen LogP contribution in [-0.2, 0) is 16.1 Å². The number of carbonyl (C=O) groups is 2. The molecule has 0 fully saturated rings. The Labute approximate surface area is 165 Å². The van der Waals surface area contributed by atoms with E-state index in [-0.39, 0.29) is 11.9 Å². The third-order valence-corrected chi connectivity index (χ3v) is 4.81. The molecule has 2 aromatic rings. The minimum absolute atomic E-state index is 0.120. The van der Waals surface area contributed by atoms with Crippen molar-refractivity contribution in [1.82, 2.24) is 4.90 Å². The second-order valence-corrected chi connectivity index (χ2v) is 8.21. The molecule has 142 valence electrons. The maximum absolute atomic E-state index is 12.9. The molecule has 0 unspecified atom stereocenters. The van der Waals surface area contributed by atoms with Crippen LogP contribution in [0.25, 0.3) is 11.1 Å². The predicted molar refractivity (Wildman–Crippen MR) is 107 cm³/mol. The van der Waals surface area contributed by atoms with Crippen molar-refractivity contribution in [1.29, 1.82) is 0 Å². The first-order valence-corrected chi connectivity index (χ1v) is 9.50. The third kappa shape index (κ3) is 4.16. The standard InChI is InChI=1S/C22H24ClNO3/c1-5-19(21(26)27-22(2,3)4)24-13-16-12-15(8-11-18(16)20(24)25)14-6-9-17(23)10-7-14/h6-12,19H,5,13H2,1-4H3/t19-/m0/s1. The zero-order valence-electron chi connectivity index (χ0n) is 16.1. The highest BCUT2D eigenvalue weighted by Gasteiger charge is 2.37. The molecule has 5 heteroatoms. The fraction of sp³-hybridized carbons (Fsp3) is 0.364. The molecule has 0 radical (unpaired) electrons. The second-order valence-electron chi connectivity index (χ2n) is 7.77. The summed E-state index contributed by atoms with van der Waals surface area (Å²) in [5.41, 5.74) is 3.05. The van der Waals surface area contributed by atoms with Crippen molar-refractivity contribution < 1.29 is 14.3 Å². The molecule has 27 heavy (non-hydrogen) atoms. The maximum atomic E-state index is 12.9. The zero-order chi connectivity index (χ0) is 19.8. The molecule has 3 rings (SSSR count). The minimum atomic E-state index is -0.581. The van der Waals surface area contributed by atoms with E-state index in [0.29, 0.717) is 23.6 Å². The molecular formula is C22H24ClNO3. The fourth-order valence-corrected chi connectivity index (χ4v) is 3.43. The first-order valence-electron chi connectivity index (χ1n) is 9.12. The van der Waals surface area contributed by atoms with Gasteiger partial charge in [0.15, 0.2) is 0 Å². The molecule has 0 saturated carbocycles. The van der Waals surface area contributed by atoms with Crippen LogP contribution in [0, 0.1) is 0 Å². The van der Waals surface area contributed by atoms with Gasteiger partial charge in [0.25, 0.3) is 5.91 Å². The van der Waals surface area contributed by atoms with Crippen molar-refractivity contribution in [2.24, 2.45) is 0 Å². The lowest BCUT2D eigenvalue weighted by molar-refractivity contribution is -0.160. The highest BCUT2D eigenvalue weighted by atomic mass is 35.5. The second kappa shape index (κ2) is 7.35. The Balaban J connectivity index is 1.85. The predicted octanol–water partition coefficient (Wildman–Crippen LogP) is 5.08. The molecule has 0 spiro atoms. The molecule has 0 N–H and O–H groups in total. The number of rotatable bonds is 4. The number of fused-ring (bicyclic) bond motifs is 1. The largest absolute Gasteiger partial charge is 0.458 e. The summed E-state index contributed by atoms with van der Waals surface area (Å²) in [4.78, 5) is 27.0. The Bertz CT molecular complexity index is 868. The molecule has 2 aromatic carbocycles. The summed E-state index contributed by atoms with van der Waals surface area (Å²) in [6.07, 6.45) is 0.513. The Hall–Kier alpha value is -2.33. The topological polar surface area (TPSA) is 46.6 Å². The zero-order valence-corrected chi connectivity index (χ0v) is 16.8. The number of hydrogen-bond donors (Lipinski definition) is 0. The van der Waals surface area contributed by atoms with E-state index in [1.807, 2.05) is 70.2 Å². The van der Waals surface area contributed by atoms with Gasteiger partial charge in [-0.15, -0.1) is 0 Å². The van der Waals surface area contributed by atoms with Crippen LogP contribution < -0.4 is 0 Å². The normalized spacial score (nSPS) is 14.9. The molecule has 1 atom stereocenters. The number of esters is 1. The van der Waals surface area contributed by atoms with E-state index in [4.69, 9.17) is 16.3 Å². The van der Waals surface area contributed by atoms with Crippen LogP contribution in [0.5, 0.6) is 0 Å². The van der Waals surface area contributed by atoms with Crippen molar-refractivity contribution in [3.8, 4) is 11.1 Å². The molecule has 1 aliphatic rings. The fourth-order valence-electron chi connectivity index (χ4n) is 3.30. The van der Waals surface area contributed by atoms with E-state index in [2.05, 4.69) is 0 Å². The maximum Gasteiger partial charge on any atom is 0.329 e. The van der Waals surface area contributed by atoms with Crippen molar-refractivity contribution >= 4 is 23.5 Å². The molecule has 1 aliphatic heterocycles. The number of nitrogens with zero attached hydrogens (tertiary/aromatic N) is 1. The van der Waals surface area contributed by atoms with Gasteiger partial charge >= 0.3 is 5.97 Å². The van der Waals surface area contributed by atoms with E-state index >= 15 is 0 Å². The van der Waals surface area contributed by atoms with Gasteiger partial charge in [-0.05, 0) is 68.1 Å². The Morgan fingerprint density at radius 1 is 1.15 bits per heavy atom. The summed E-state index contributed by atoms with van der Waals surface area (Å²) < 4.78 is 5.51. The first kappa shape index (κ1) is 19.4. The van der Waals surface area contributed by atoms with Gasteiger partial charge in [-0.3, -0.25) is 4.79 Å². The lowest BCUT2D eigenvalue weighted by Crippen LogP contribution is -2.44. The number of hydrogen-bond acceptors (Lipinski definition) is 3. The van der Waals surface area contributed by atoms with Gasteiger partial charge in [-0.1, -0.05) is 36.7 Å². The molecule has 0 bridgehead atoms. The van der Waals surface area contributed by atoms with Crippen molar-refractivity contribution in [3.05, 3.63) is 58.6 Å². The molecule has 1 heterocycles. The van der Waals surface area contributed by atoms with Crippen LogP contribution in [0.3, 0.4) is 0 Å². The highest BCUT2D eigenvalue weighted by Crippen LogP contribution is 2.31. The van der Waals surface area contributed by atoms with Gasteiger partial charge < -0.3 is 9.64 Å². The van der Waals surface area contributed by atoms with Crippen LogP contribution in [0.4, 0.5) is 0 Å². The summed E-state index contributed by atoms with van der Waals surface area (Å²) in [6.45, 7) is 7.79. The van der Waals surface area contributed by atoms with Crippen molar-refractivity contribution in [2.75, 3.05) is 0 Å². The number of ether oxygens (including phenoxy) is 1. The Morgan fingerprint density at radius 2 is 1.78 bits per heavy atom. The van der Waals surface area contributed by atoms with E-state index in [1.165, 1.54) is 0 Å². The molecule has 1 amide bonds. The smallest absolute Gasteiger partial charge is 0.329 e. The van der Waals surface area contributed by atoms with Gasteiger partial charge in [-0.25, -0.2) is 4.79 Å². The monoisotopic (exact) mass is 385 g/mol. The van der Waals surface area contributed by atoms with Gasteiger partial charge in [0.2, 0.25) is 0 Å². The van der Waals surface area contributed by atoms with Crippen molar-refractivity contribution in [3.63, 3.8) is 0 Å². The van der Waals surface area contributed by atoms with Crippen molar-refractivity contribution in [2.45, 2.75) is 52.3 Å². The average molecular weight is 386 g/mol. The van der Waals surface area contributed by atoms with Crippen LogP contribution in [0.15, 0.2) is 42.5 Å². The van der Waals surface area contributed by atoms with Gasteiger partial charge in [0.1, 0.15) is 11.6 Å². The molecule has 0 aromatic heterocycles. The van der Waals surface area contributed by atoms with E-state index in [9.17, 15) is 9.59 Å². The lowest BCUT2D eigenvalue weighted by Gasteiger charge is -2.29. The number of halogens is 1. The van der Waals surface area contributed by atoms with Crippen LogP contribution in [0.1, 0.15) is 50.0 Å². The SMILES string of the molecule is CC[C@@H](C(=O)OC(C)(C)C)N1Cc2cc(-c3ccc(Cl)cc3)ccc2C1=O. The van der Waals surface area contributed by atoms with Crippen LogP contribution >= 0.6 is 11.6 Å². The summed E-state index contributed by atoms with van der Waals surface area (Å²) in [7, 11) is 0.